The number of rotatable bonds is 6. The molecule has 8 nitrogen and oxygen atoms in total. The zero-order chi connectivity index (χ0) is 18.5. The number of anilines is 2. The molecule has 0 saturated carbocycles. The summed E-state index contributed by atoms with van der Waals surface area (Å²) in [7, 11) is 0. The highest BCUT2D eigenvalue weighted by Crippen LogP contribution is 2.20. The molecule has 0 bridgehead atoms. The summed E-state index contributed by atoms with van der Waals surface area (Å²) >= 11 is 0. The number of benzene rings is 1. The van der Waals surface area contributed by atoms with Gasteiger partial charge in [-0.05, 0) is 44.5 Å². The highest BCUT2D eigenvalue weighted by atomic mass is 16.2. The van der Waals surface area contributed by atoms with E-state index in [9.17, 15) is 9.59 Å². The summed E-state index contributed by atoms with van der Waals surface area (Å²) in [6.07, 6.45) is 0.795. The first kappa shape index (κ1) is 17.8. The molecule has 0 aliphatic carbocycles. The molecule has 2 heterocycles. The summed E-state index contributed by atoms with van der Waals surface area (Å²) < 4.78 is 1.94. The standard InChI is InChI=1S/C18H24N6O2/c1-13-11-14(2)24(22-13)9-4-7-19-17(25)21-15-5-3-6-16(12-15)23-10-8-20-18(23)26/h3,5-6,11-12H,4,7-10H2,1-2H3,(H,20,26)(H2,19,21,25). The van der Waals surface area contributed by atoms with Gasteiger partial charge in [-0.15, -0.1) is 0 Å². The average Bonchev–Trinajstić information content (AvgIpc) is 3.17. The second-order valence-corrected chi connectivity index (χ2v) is 6.32. The van der Waals surface area contributed by atoms with E-state index >= 15 is 0 Å². The minimum atomic E-state index is -0.263. The number of carbonyl (C=O) groups excluding carboxylic acids is 2. The highest BCUT2D eigenvalue weighted by molar-refractivity contribution is 5.95. The van der Waals surface area contributed by atoms with Crippen LogP contribution in [-0.2, 0) is 6.54 Å². The van der Waals surface area contributed by atoms with Gasteiger partial charge in [0.2, 0.25) is 0 Å². The number of amides is 4. The number of nitrogens with zero attached hydrogens (tertiary/aromatic N) is 3. The zero-order valence-corrected chi connectivity index (χ0v) is 15.1. The number of aryl methyl sites for hydroxylation is 3. The number of urea groups is 2. The lowest BCUT2D eigenvalue weighted by atomic mass is 10.2. The predicted molar refractivity (Wildman–Crippen MR) is 101 cm³/mol. The highest BCUT2D eigenvalue weighted by Gasteiger charge is 2.21. The van der Waals surface area contributed by atoms with E-state index < -0.39 is 0 Å². The summed E-state index contributed by atoms with van der Waals surface area (Å²) in [5.74, 6) is 0. The van der Waals surface area contributed by atoms with E-state index in [4.69, 9.17) is 0 Å². The van der Waals surface area contributed by atoms with Crippen molar-refractivity contribution in [1.82, 2.24) is 20.4 Å². The molecule has 0 radical (unpaired) electrons. The van der Waals surface area contributed by atoms with Crippen LogP contribution < -0.4 is 20.9 Å². The second kappa shape index (κ2) is 7.90. The fraction of sp³-hybridized carbons (Fsp3) is 0.389. The van der Waals surface area contributed by atoms with Gasteiger partial charge >= 0.3 is 12.1 Å². The van der Waals surface area contributed by atoms with E-state index in [0.717, 1.165) is 30.0 Å². The molecule has 138 valence electrons. The smallest absolute Gasteiger partial charge is 0.321 e. The Morgan fingerprint density at radius 2 is 2.15 bits per heavy atom. The molecule has 3 rings (SSSR count). The lowest BCUT2D eigenvalue weighted by molar-refractivity contribution is 0.251. The van der Waals surface area contributed by atoms with Gasteiger partial charge < -0.3 is 16.0 Å². The fourth-order valence-corrected chi connectivity index (χ4v) is 2.98. The first-order valence-corrected chi connectivity index (χ1v) is 8.74. The Bertz CT molecular complexity index is 801. The molecular formula is C18H24N6O2. The number of hydrogen-bond acceptors (Lipinski definition) is 3. The molecule has 1 aliphatic heterocycles. The molecule has 4 amide bonds. The molecule has 1 saturated heterocycles. The maximum absolute atomic E-state index is 12.1. The van der Waals surface area contributed by atoms with Gasteiger partial charge in [-0.25, -0.2) is 9.59 Å². The third-order valence-electron chi connectivity index (χ3n) is 4.21. The monoisotopic (exact) mass is 356 g/mol. The van der Waals surface area contributed by atoms with Crippen molar-refractivity contribution in [1.29, 1.82) is 0 Å². The van der Waals surface area contributed by atoms with Gasteiger partial charge in [-0.1, -0.05) is 6.07 Å². The van der Waals surface area contributed by atoms with E-state index in [1.54, 1.807) is 17.0 Å². The van der Waals surface area contributed by atoms with Crippen LogP contribution in [0.25, 0.3) is 0 Å². The van der Waals surface area contributed by atoms with Crippen LogP contribution in [0.15, 0.2) is 30.3 Å². The summed E-state index contributed by atoms with van der Waals surface area (Å²) in [6, 6.07) is 8.92. The molecule has 1 aromatic heterocycles. The molecule has 1 fully saturated rings. The van der Waals surface area contributed by atoms with E-state index in [1.165, 1.54) is 0 Å². The lowest BCUT2D eigenvalue weighted by Crippen LogP contribution is -2.30. The molecule has 8 heteroatoms. The van der Waals surface area contributed by atoms with Gasteiger partial charge in [0.15, 0.2) is 0 Å². The molecular weight excluding hydrogens is 332 g/mol. The molecule has 26 heavy (non-hydrogen) atoms. The van der Waals surface area contributed by atoms with Crippen LogP contribution in [0.1, 0.15) is 17.8 Å². The van der Waals surface area contributed by atoms with Crippen molar-refractivity contribution in [3.63, 3.8) is 0 Å². The SMILES string of the molecule is Cc1cc(C)n(CCCNC(=O)Nc2cccc(N3CCNC3=O)c2)n1. The Morgan fingerprint density at radius 1 is 1.31 bits per heavy atom. The molecule has 3 N–H and O–H groups in total. The number of nitrogens with one attached hydrogen (secondary N) is 3. The molecule has 0 spiro atoms. The van der Waals surface area contributed by atoms with Gasteiger partial charge in [-0.3, -0.25) is 9.58 Å². The van der Waals surface area contributed by atoms with E-state index in [1.807, 2.05) is 36.7 Å². The van der Waals surface area contributed by atoms with Crippen molar-refractivity contribution < 1.29 is 9.59 Å². The molecule has 1 aliphatic rings. The van der Waals surface area contributed by atoms with Gasteiger partial charge in [0.25, 0.3) is 0 Å². The van der Waals surface area contributed by atoms with Crippen molar-refractivity contribution in [3.05, 3.63) is 41.7 Å². The average molecular weight is 356 g/mol. The van der Waals surface area contributed by atoms with Gasteiger partial charge in [0.1, 0.15) is 0 Å². The van der Waals surface area contributed by atoms with Crippen LogP contribution in [0.3, 0.4) is 0 Å². The quantitative estimate of drug-likeness (QED) is 0.693. The minimum Gasteiger partial charge on any atom is -0.338 e. The number of aromatic nitrogens is 2. The van der Waals surface area contributed by atoms with Crippen molar-refractivity contribution in [2.45, 2.75) is 26.8 Å². The first-order chi connectivity index (χ1) is 12.5. The van der Waals surface area contributed by atoms with Crippen molar-refractivity contribution in [2.24, 2.45) is 0 Å². The maximum atomic E-state index is 12.1. The summed E-state index contributed by atoms with van der Waals surface area (Å²) in [4.78, 5) is 25.4. The first-order valence-electron chi connectivity index (χ1n) is 8.74. The maximum Gasteiger partial charge on any atom is 0.321 e. The summed E-state index contributed by atoms with van der Waals surface area (Å²) in [5.41, 5.74) is 3.54. The van der Waals surface area contributed by atoms with Gasteiger partial charge in [0, 0.05) is 43.2 Å². The third-order valence-corrected chi connectivity index (χ3v) is 4.21. The van der Waals surface area contributed by atoms with Gasteiger partial charge in [-0.2, -0.15) is 5.10 Å². The van der Waals surface area contributed by atoms with Crippen molar-refractivity contribution in [3.8, 4) is 0 Å². The zero-order valence-electron chi connectivity index (χ0n) is 15.1. The van der Waals surface area contributed by atoms with Crippen LogP contribution in [0, 0.1) is 13.8 Å². The predicted octanol–water partition coefficient (Wildman–Crippen LogP) is 2.24. The Labute approximate surface area is 152 Å². The lowest BCUT2D eigenvalue weighted by Gasteiger charge is -2.15. The molecule has 0 unspecified atom stereocenters. The fourth-order valence-electron chi connectivity index (χ4n) is 2.98. The molecule has 1 aromatic carbocycles. The summed E-state index contributed by atoms with van der Waals surface area (Å²) in [6.45, 7) is 6.56. The van der Waals surface area contributed by atoms with Gasteiger partial charge in [0.05, 0.1) is 5.69 Å². The van der Waals surface area contributed by atoms with Crippen LogP contribution in [-0.4, -0.2) is 41.5 Å². The Morgan fingerprint density at radius 3 is 2.85 bits per heavy atom. The molecule has 0 atom stereocenters. The van der Waals surface area contributed by atoms with E-state index in [0.29, 0.717) is 25.3 Å². The van der Waals surface area contributed by atoms with Crippen molar-refractivity contribution in [2.75, 3.05) is 29.9 Å². The number of carbonyl (C=O) groups is 2. The van der Waals surface area contributed by atoms with Crippen LogP contribution in [0.2, 0.25) is 0 Å². The minimum absolute atomic E-state index is 0.115. The normalized spacial score (nSPS) is 13.6. The third kappa shape index (κ3) is 4.33. The Balaban J connectivity index is 1.46. The molecule has 2 aromatic rings. The van der Waals surface area contributed by atoms with Crippen LogP contribution in [0.5, 0.6) is 0 Å². The Hall–Kier alpha value is -3.03. The van der Waals surface area contributed by atoms with Crippen molar-refractivity contribution >= 4 is 23.4 Å². The van der Waals surface area contributed by atoms with E-state index in [2.05, 4.69) is 21.0 Å². The Kier molecular flexibility index (Phi) is 5.40. The summed E-state index contributed by atoms with van der Waals surface area (Å²) in [5, 5.41) is 12.8. The number of hydrogen-bond donors (Lipinski definition) is 3. The van der Waals surface area contributed by atoms with Crippen LogP contribution >= 0.6 is 0 Å². The van der Waals surface area contributed by atoms with Crippen LogP contribution in [0.4, 0.5) is 21.0 Å². The van der Waals surface area contributed by atoms with E-state index in [-0.39, 0.29) is 12.1 Å². The second-order valence-electron chi connectivity index (χ2n) is 6.32. The largest absolute Gasteiger partial charge is 0.338 e. The topological polar surface area (TPSA) is 91.3 Å².